The molecule has 0 aliphatic rings. The zero-order valence-electron chi connectivity index (χ0n) is 12.9. The largest absolute Gasteiger partial charge is 0.524 e. The van der Waals surface area contributed by atoms with E-state index in [4.69, 9.17) is 9.79 Å². The Morgan fingerprint density at radius 2 is 1.56 bits per heavy atom. The van der Waals surface area contributed by atoms with Gasteiger partial charge in [0, 0.05) is 18.1 Å². The lowest BCUT2D eigenvalue weighted by molar-refractivity contribution is -0.186. The number of phenolic OH excluding ortho intramolecular Hbond substituents is 3. The van der Waals surface area contributed by atoms with E-state index in [9.17, 15) is 30.1 Å². The van der Waals surface area contributed by atoms with Crippen molar-refractivity contribution in [1.29, 1.82) is 0 Å². The summed E-state index contributed by atoms with van der Waals surface area (Å²) in [6.45, 7) is 1.37. The van der Waals surface area contributed by atoms with Gasteiger partial charge in [0.1, 0.15) is 23.0 Å². The SMILES string of the molecule is CC(c1ccc(O)cc1)C(O)(O)c1c(O)cc(O)cc1OP(=O)(O)O. The summed E-state index contributed by atoms with van der Waals surface area (Å²) in [5.41, 5.74) is -0.383. The molecule has 7 N–H and O–H groups in total. The summed E-state index contributed by atoms with van der Waals surface area (Å²) < 4.78 is 15.5. The standard InChI is InChI=1S/C15H17O9P/c1-8(9-2-4-10(16)5-3-9)15(19,20)14-12(18)6-11(17)7-13(14)24-25(21,22)23/h2-8,16-20H,1H3,(H2,21,22,23). The Hall–Kier alpha value is -2.29. The molecular weight excluding hydrogens is 355 g/mol. The molecule has 10 heteroatoms. The van der Waals surface area contributed by atoms with Crippen molar-refractivity contribution < 1.29 is 44.4 Å². The minimum Gasteiger partial charge on any atom is -0.508 e. The van der Waals surface area contributed by atoms with E-state index in [0.29, 0.717) is 5.56 Å². The molecule has 0 saturated carbocycles. The molecule has 2 rings (SSSR count). The van der Waals surface area contributed by atoms with Crippen molar-refractivity contribution in [1.82, 2.24) is 0 Å². The number of hydrogen-bond donors (Lipinski definition) is 7. The maximum atomic E-state index is 11.1. The Bertz CT molecular complexity index is 810. The predicted octanol–water partition coefficient (Wildman–Crippen LogP) is 1.22. The van der Waals surface area contributed by atoms with E-state index in [2.05, 4.69) is 4.52 Å². The second kappa shape index (κ2) is 6.55. The number of aromatic hydroxyl groups is 3. The molecule has 136 valence electrons. The molecule has 0 radical (unpaired) electrons. The summed E-state index contributed by atoms with van der Waals surface area (Å²) in [6.07, 6.45) is 0. The van der Waals surface area contributed by atoms with E-state index < -0.39 is 42.3 Å². The van der Waals surface area contributed by atoms with Gasteiger partial charge in [-0.2, -0.15) is 0 Å². The van der Waals surface area contributed by atoms with Gasteiger partial charge in [-0.3, -0.25) is 9.79 Å². The summed E-state index contributed by atoms with van der Waals surface area (Å²) in [4.78, 5) is 17.9. The summed E-state index contributed by atoms with van der Waals surface area (Å²) in [7, 11) is -5.11. The van der Waals surface area contributed by atoms with Crippen LogP contribution in [0.1, 0.15) is 24.0 Å². The van der Waals surface area contributed by atoms with Crippen molar-refractivity contribution in [2.24, 2.45) is 0 Å². The molecule has 1 atom stereocenters. The van der Waals surface area contributed by atoms with Gasteiger partial charge in [-0.25, -0.2) is 4.57 Å². The number of rotatable bonds is 5. The Morgan fingerprint density at radius 1 is 1.00 bits per heavy atom. The molecule has 0 fully saturated rings. The van der Waals surface area contributed by atoms with Crippen molar-refractivity contribution in [2.75, 3.05) is 0 Å². The monoisotopic (exact) mass is 372 g/mol. The molecule has 2 aromatic rings. The van der Waals surface area contributed by atoms with Gasteiger partial charge in [-0.05, 0) is 17.7 Å². The summed E-state index contributed by atoms with van der Waals surface area (Å²) in [6, 6.07) is 6.94. The quantitative estimate of drug-likeness (QED) is 0.301. The molecule has 9 nitrogen and oxygen atoms in total. The number of hydrogen-bond acceptors (Lipinski definition) is 7. The molecule has 2 aromatic carbocycles. The molecule has 0 bridgehead atoms. The number of phosphoric ester groups is 1. The molecule has 0 aromatic heterocycles. The molecule has 1 unspecified atom stereocenters. The van der Waals surface area contributed by atoms with Crippen molar-refractivity contribution in [3.63, 3.8) is 0 Å². The highest BCUT2D eigenvalue weighted by Crippen LogP contribution is 2.49. The van der Waals surface area contributed by atoms with Gasteiger partial charge in [0.15, 0.2) is 0 Å². The summed E-state index contributed by atoms with van der Waals surface area (Å²) in [5, 5.41) is 49.9. The molecular formula is C15H17O9P. The number of phosphoric acid groups is 1. The average Bonchev–Trinajstić information content (AvgIpc) is 2.44. The molecule has 0 aliphatic heterocycles. The average molecular weight is 372 g/mol. The minimum absolute atomic E-state index is 0.0459. The lowest BCUT2D eigenvalue weighted by atomic mass is 9.86. The predicted molar refractivity (Wildman–Crippen MR) is 85.1 cm³/mol. The first kappa shape index (κ1) is 19.0. The lowest BCUT2D eigenvalue weighted by Gasteiger charge is -2.31. The first-order valence-electron chi connectivity index (χ1n) is 6.97. The van der Waals surface area contributed by atoms with Crippen LogP contribution in [-0.2, 0) is 10.4 Å². The highest BCUT2D eigenvalue weighted by molar-refractivity contribution is 7.46. The van der Waals surface area contributed by atoms with Crippen LogP contribution in [0.5, 0.6) is 23.0 Å². The van der Waals surface area contributed by atoms with Gasteiger partial charge in [-0.15, -0.1) is 0 Å². The van der Waals surface area contributed by atoms with Crippen molar-refractivity contribution in [2.45, 2.75) is 18.6 Å². The van der Waals surface area contributed by atoms with Crippen LogP contribution in [0.2, 0.25) is 0 Å². The fourth-order valence-electron chi connectivity index (χ4n) is 2.37. The second-order valence-corrected chi connectivity index (χ2v) is 6.62. The second-order valence-electron chi connectivity index (χ2n) is 5.46. The molecule has 0 aliphatic carbocycles. The van der Waals surface area contributed by atoms with E-state index in [-0.39, 0.29) is 5.75 Å². The van der Waals surface area contributed by atoms with Gasteiger partial charge in [-0.1, -0.05) is 19.1 Å². The fourth-order valence-corrected chi connectivity index (χ4v) is 2.77. The van der Waals surface area contributed by atoms with Crippen LogP contribution in [0, 0.1) is 0 Å². The number of aliphatic hydroxyl groups is 2. The molecule has 0 amide bonds. The lowest BCUT2D eigenvalue weighted by Crippen LogP contribution is -2.32. The van der Waals surface area contributed by atoms with E-state index in [1.807, 2.05) is 0 Å². The van der Waals surface area contributed by atoms with Crippen molar-refractivity contribution in [3.05, 3.63) is 47.5 Å². The van der Waals surface area contributed by atoms with Crippen molar-refractivity contribution in [3.8, 4) is 23.0 Å². The van der Waals surface area contributed by atoms with Crippen LogP contribution >= 0.6 is 7.82 Å². The summed E-state index contributed by atoms with van der Waals surface area (Å²) in [5.74, 6) is -6.20. The maximum absolute atomic E-state index is 11.1. The van der Waals surface area contributed by atoms with Crippen LogP contribution in [0.4, 0.5) is 0 Å². The third kappa shape index (κ3) is 4.22. The normalized spacial score (nSPS) is 13.5. The third-order valence-electron chi connectivity index (χ3n) is 3.65. The maximum Gasteiger partial charge on any atom is 0.524 e. The van der Waals surface area contributed by atoms with E-state index in [1.165, 1.54) is 31.2 Å². The van der Waals surface area contributed by atoms with Gasteiger partial charge in [0.05, 0.1) is 5.56 Å². The zero-order valence-corrected chi connectivity index (χ0v) is 13.8. The highest BCUT2D eigenvalue weighted by atomic mass is 31.2. The third-order valence-corrected chi connectivity index (χ3v) is 4.08. The first-order valence-corrected chi connectivity index (χ1v) is 8.50. The number of phenols is 3. The smallest absolute Gasteiger partial charge is 0.508 e. The van der Waals surface area contributed by atoms with Crippen LogP contribution in [0.3, 0.4) is 0 Å². The fraction of sp³-hybridized carbons (Fsp3) is 0.200. The van der Waals surface area contributed by atoms with Gasteiger partial charge in [0.2, 0.25) is 5.79 Å². The Morgan fingerprint density at radius 3 is 2.08 bits per heavy atom. The highest BCUT2D eigenvalue weighted by Gasteiger charge is 2.41. The Labute approximate surface area is 142 Å². The first-order chi connectivity index (χ1) is 11.4. The summed E-state index contributed by atoms with van der Waals surface area (Å²) >= 11 is 0. The Kier molecular flexibility index (Phi) is 4.99. The van der Waals surface area contributed by atoms with Gasteiger partial charge in [0.25, 0.3) is 0 Å². The molecule has 0 heterocycles. The van der Waals surface area contributed by atoms with Crippen LogP contribution in [-0.4, -0.2) is 35.3 Å². The van der Waals surface area contributed by atoms with E-state index >= 15 is 0 Å². The Balaban J connectivity index is 2.57. The van der Waals surface area contributed by atoms with E-state index in [1.54, 1.807) is 0 Å². The van der Waals surface area contributed by atoms with Gasteiger partial charge < -0.3 is 30.1 Å². The van der Waals surface area contributed by atoms with Crippen LogP contribution in [0.25, 0.3) is 0 Å². The molecule has 0 spiro atoms. The number of benzene rings is 2. The zero-order chi connectivity index (χ0) is 19.0. The van der Waals surface area contributed by atoms with Gasteiger partial charge >= 0.3 is 7.82 Å². The molecule has 25 heavy (non-hydrogen) atoms. The van der Waals surface area contributed by atoms with Crippen molar-refractivity contribution >= 4 is 7.82 Å². The van der Waals surface area contributed by atoms with Crippen LogP contribution < -0.4 is 4.52 Å². The van der Waals surface area contributed by atoms with E-state index in [0.717, 1.165) is 12.1 Å². The molecule has 0 saturated heterocycles. The minimum atomic E-state index is -5.11. The topological polar surface area (TPSA) is 168 Å². The van der Waals surface area contributed by atoms with Crippen LogP contribution in [0.15, 0.2) is 36.4 Å².